The van der Waals surface area contributed by atoms with Crippen molar-refractivity contribution in [3.8, 4) is 0 Å². The molecular formula is C19H25NO5S. The molecular weight excluding hydrogens is 354 g/mol. The molecule has 0 bridgehead atoms. The fourth-order valence-corrected chi connectivity index (χ4v) is 5.30. The van der Waals surface area contributed by atoms with Gasteiger partial charge in [0, 0.05) is 19.0 Å². The number of rotatable bonds is 4. The van der Waals surface area contributed by atoms with Crippen LogP contribution in [0.3, 0.4) is 0 Å². The van der Waals surface area contributed by atoms with Crippen LogP contribution in [-0.2, 0) is 19.6 Å². The Balaban J connectivity index is 1.71. The summed E-state index contributed by atoms with van der Waals surface area (Å²) in [5.41, 5.74) is 0.258. The van der Waals surface area contributed by atoms with Gasteiger partial charge in [-0.3, -0.25) is 4.79 Å². The predicted molar refractivity (Wildman–Crippen MR) is 96.3 cm³/mol. The summed E-state index contributed by atoms with van der Waals surface area (Å²) in [4.78, 5) is 24.2. The zero-order chi connectivity index (χ0) is 18.7. The third-order valence-corrected chi connectivity index (χ3v) is 7.21. The predicted octanol–water partition coefficient (Wildman–Crippen LogP) is 2.92. The van der Waals surface area contributed by atoms with Crippen LogP contribution in [-0.4, -0.2) is 43.2 Å². The monoisotopic (exact) mass is 379 g/mol. The molecule has 0 aromatic heterocycles. The van der Waals surface area contributed by atoms with Crippen LogP contribution in [0.15, 0.2) is 29.2 Å². The summed E-state index contributed by atoms with van der Waals surface area (Å²) < 4.78 is 32.4. The van der Waals surface area contributed by atoms with Crippen LogP contribution in [0.4, 0.5) is 0 Å². The molecule has 7 heteroatoms. The summed E-state index contributed by atoms with van der Waals surface area (Å²) in [6, 6.07) is 5.77. The van der Waals surface area contributed by atoms with E-state index in [1.54, 1.807) is 0 Å². The largest absolute Gasteiger partial charge is 0.451 e. The molecule has 2 aliphatic rings. The van der Waals surface area contributed by atoms with E-state index < -0.39 is 22.1 Å². The number of nitrogens with zero attached hydrogens (tertiary/aromatic N) is 1. The van der Waals surface area contributed by atoms with E-state index in [4.69, 9.17) is 4.74 Å². The molecule has 3 rings (SSSR count). The van der Waals surface area contributed by atoms with Crippen LogP contribution in [0, 0.1) is 0 Å². The van der Waals surface area contributed by atoms with Gasteiger partial charge in [-0.05, 0) is 63.3 Å². The normalized spacial score (nSPS) is 25.0. The molecule has 2 fully saturated rings. The standard InChI is InChI=1S/C19H25NO5S/c1-14-6-4-5-13-20(14)26(23,24)16-11-9-15(10-12-16)19(22)25-18-8-3-2-7-17(18)21/h9-12,14,18H,2-8,13H2,1H3/t14-,18-/m0/s1. The molecule has 0 unspecified atom stereocenters. The molecule has 0 N–H and O–H groups in total. The first-order valence-corrected chi connectivity index (χ1v) is 10.7. The summed E-state index contributed by atoms with van der Waals surface area (Å²) in [6.07, 6.45) is 4.81. The van der Waals surface area contributed by atoms with Crippen molar-refractivity contribution in [3.05, 3.63) is 29.8 Å². The summed E-state index contributed by atoms with van der Waals surface area (Å²) >= 11 is 0. The lowest BCUT2D eigenvalue weighted by Gasteiger charge is -2.32. The highest BCUT2D eigenvalue weighted by Crippen LogP contribution is 2.25. The fraction of sp³-hybridized carbons (Fsp3) is 0.579. The minimum atomic E-state index is -3.56. The van der Waals surface area contributed by atoms with Crippen LogP contribution in [0.2, 0.25) is 0 Å². The second-order valence-corrected chi connectivity index (χ2v) is 8.98. The first-order chi connectivity index (χ1) is 12.4. The van der Waals surface area contributed by atoms with Crippen molar-refractivity contribution in [2.45, 2.75) is 68.9 Å². The lowest BCUT2D eigenvalue weighted by molar-refractivity contribution is -0.129. The summed E-state index contributed by atoms with van der Waals surface area (Å²) in [6.45, 7) is 2.45. The van der Waals surface area contributed by atoms with Crippen molar-refractivity contribution in [2.24, 2.45) is 0 Å². The molecule has 1 aliphatic heterocycles. The first-order valence-electron chi connectivity index (χ1n) is 9.25. The second kappa shape index (κ2) is 7.88. The van der Waals surface area contributed by atoms with E-state index in [-0.39, 0.29) is 22.3 Å². The average molecular weight is 379 g/mol. The van der Waals surface area contributed by atoms with Crippen molar-refractivity contribution in [1.82, 2.24) is 4.31 Å². The van der Waals surface area contributed by atoms with Gasteiger partial charge >= 0.3 is 5.97 Å². The van der Waals surface area contributed by atoms with Gasteiger partial charge in [0.05, 0.1) is 10.5 Å². The highest BCUT2D eigenvalue weighted by Gasteiger charge is 2.31. The lowest BCUT2D eigenvalue weighted by atomic mass is 9.96. The number of Topliss-reactive ketones (excluding diaryl/α,β-unsaturated/α-hetero) is 1. The molecule has 1 aliphatic carbocycles. The minimum absolute atomic E-state index is 0.0179. The average Bonchev–Trinajstić information content (AvgIpc) is 2.64. The SMILES string of the molecule is C[C@H]1CCCCN1S(=O)(=O)c1ccc(C(=O)O[C@H]2CCCCC2=O)cc1. The number of sulfonamides is 1. The molecule has 0 spiro atoms. The third kappa shape index (κ3) is 3.99. The Bertz CT molecular complexity index is 772. The summed E-state index contributed by atoms with van der Waals surface area (Å²) in [5, 5.41) is 0. The Hall–Kier alpha value is -1.73. The van der Waals surface area contributed by atoms with Crippen molar-refractivity contribution >= 4 is 21.8 Å². The maximum absolute atomic E-state index is 12.8. The second-order valence-electron chi connectivity index (χ2n) is 7.09. The number of hydrogen-bond donors (Lipinski definition) is 0. The van der Waals surface area contributed by atoms with E-state index in [2.05, 4.69) is 0 Å². The quantitative estimate of drug-likeness (QED) is 0.752. The van der Waals surface area contributed by atoms with Crippen molar-refractivity contribution in [3.63, 3.8) is 0 Å². The maximum atomic E-state index is 12.8. The molecule has 1 aromatic rings. The van der Waals surface area contributed by atoms with Crippen LogP contribution < -0.4 is 0 Å². The van der Waals surface area contributed by atoms with Crippen molar-refractivity contribution < 1.29 is 22.7 Å². The van der Waals surface area contributed by atoms with Crippen LogP contribution in [0.25, 0.3) is 0 Å². The number of ether oxygens (including phenoxy) is 1. The van der Waals surface area contributed by atoms with E-state index >= 15 is 0 Å². The van der Waals surface area contributed by atoms with Gasteiger partial charge in [-0.2, -0.15) is 4.31 Å². The van der Waals surface area contributed by atoms with Gasteiger partial charge in [-0.25, -0.2) is 13.2 Å². The van der Waals surface area contributed by atoms with E-state index in [0.717, 1.165) is 32.1 Å². The molecule has 0 radical (unpaired) electrons. The summed E-state index contributed by atoms with van der Waals surface area (Å²) in [5.74, 6) is -0.622. The van der Waals surface area contributed by atoms with Crippen LogP contribution in [0.1, 0.15) is 62.2 Å². The van der Waals surface area contributed by atoms with Crippen molar-refractivity contribution in [1.29, 1.82) is 0 Å². The number of hydrogen-bond acceptors (Lipinski definition) is 5. The lowest BCUT2D eigenvalue weighted by Crippen LogP contribution is -2.41. The number of benzene rings is 1. The van der Waals surface area contributed by atoms with Crippen LogP contribution in [0.5, 0.6) is 0 Å². The zero-order valence-electron chi connectivity index (χ0n) is 15.0. The van der Waals surface area contributed by atoms with Gasteiger partial charge in [0.15, 0.2) is 11.9 Å². The molecule has 6 nitrogen and oxygen atoms in total. The van der Waals surface area contributed by atoms with E-state index in [0.29, 0.717) is 19.4 Å². The number of ketones is 1. The zero-order valence-corrected chi connectivity index (χ0v) is 15.8. The summed E-state index contributed by atoms with van der Waals surface area (Å²) in [7, 11) is -3.56. The molecule has 1 aromatic carbocycles. The molecule has 1 saturated heterocycles. The van der Waals surface area contributed by atoms with E-state index in [1.165, 1.54) is 28.6 Å². The molecule has 0 amide bonds. The number of esters is 1. The van der Waals surface area contributed by atoms with Crippen molar-refractivity contribution in [2.75, 3.05) is 6.54 Å². The Morgan fingerprint density at radius 2 is 1.77 bits per heavy atom. The van der Waals surface area contributed by atoms with Gasteiger partial charge in [-0.1, -0.05) is 6.42 Å². The Morgan fingerprint density at radius 3 is 2.42 bits per heavy atom. The smallest absolute Gasteiger partial charge is 0.338 e. The molecule has 1 saturated carbocycles. The van der Waals surface area contributed by atoms with Gasteiger partial charge < -0.3 is 4.74 Å². The fourth-order valence-electron chi connectivity index (χ4n) is 3.60. The van der Waals surface area contributed by atoms with Gasteiger partial charge in [0.25, 0.3) is 0 Å². The topological polar surface area (TPSA) is 80.8 Å². The van der Waals surface area contributed by atoms with E-state index in [1.807, 2.05) is 6.92 Å². The Morgan fingerprint density at radius 1 is 1.08 bits per heavy atom. The van der Waals surface area contributed by atoms with Crippen LogP contribution >= 0.6 is 0 Å². The molecule has 2 atom stereocenters. The Labute approximate surface area is 154 Å². The number of carbonyl (C=O) groups is 2. The molecule has 142 valence electrons. The number of carbonyl (C=O) groups excluding carboxylic acids is 2. The minimum Gasteiger partial charge on any atom is -0.451 e. The number of piperidine rings is 1. The Kier molecular flexibility index (Phi) is 5.77. The molecule has 26 heavy (non-hydrogen) atoms. The van der Waals surface area contributed by atoms with Gasteiger partial charge in [0.2, 0.25) is 10.0 Å². The first kappa shape index (κ1) is 19.0. The third-order valence-electron chi connectivity index (χ3n) is 5.19. The maximum Gasteiger partial charge on any atom is 0.338 e. The van der Waals surface area contributed by atoms with E-state index in [9.17, 15) is 18.0 Å². The highest BCUT2D eigenvalue weighted by atomic mass is 32.2. The van der Waals surface area contributed by atoms with Gasteiger partial charge in [0.1, 0.15) is 0 Å². The van der Waals surface area contributed by atoms with Gasteiger partial charge in [-0.15, -0.1) is 0 Å². The molecule has 1 heterocycles. The highest BCUT2D eigenvalue weighted by molar-refractivity contribution is 7.89.